The highest BCUT2D eigenvalue weighted by Crippen LogP contribution is 2.28. The van der Waals surface area contributed by atoms with E-state index in [0.717, 1.165) is 5.56 Å². The van der Waals surface area contributed by atoms with E-state index in [1.165, 1.54) is 6.08 Å². The second-order valence-corrected chi connectivity index (χ2v) is 5.87. The van der Waals surface area contributed by atoms with Gasteiger partial charge >= 0.3 is 5.97 Å². The molecule has 0 atom stereocenters. The van der Waals surface area contributed by atoms with Gasteiger partial charge in [-0.05, 0) is 57.4 Å². The molecule has 4 nitrogen and oxygen atoms in total. The molecule has 0 amide bonds. The number of benzene rings is 2. The van der Waals surface area contributed by atoms with Crippen LogP contribution in [0.1, 0.15) is 11.1 Å². The quantitative estimate of drug-likeness (QED) is 0.593. The van der Waals surface area contributed by atoms with Gasteiger partial charge in [0.2, 0.25) is 0 Å². The molecule has 0 fully saturated rings. The number of ether oxygens (including phenoxy) is 1. The van der Waals surface area contributed by atoms with Crippen LogP contribution in [-0.4, -0.2) is 11.1 Å². The Hall–Kier alpha value is -2.29. The van der Waals surface area contributed by atoms with Gasteiger partial charge in [0.25, 0.3) is 0 Å². The molecule has 0 unspecified atom stereocenters. The Bertz CT molecular complexity index is 794. The molecule has 23 heavy (non-hydrogen) atoms. The van der Waals surface area contributed by atoms with Crippen LogP contribution >= 0.6 is 27.5 Å². The van der Waals surface area contributed by atoms with Crippen LogP contribution < -0.4 is 4.74 Å². The monoisotopic (exact) mass is 391 g/mol. The van der Waals surface area contributed by atoms with Gasteiger partial charge in [-0.15, -0.1) is 0 Å². The van der Waals surface area contributed by atoms with E-state index >= 15 is 0 Å². The van der Waals surface area contributed by atoms with Gasteiger partial charge in [0.05, 0.1) is 4.47 Å². The minimum absolute atomic E-state index is 0.327. The van der Waals surface area contributed by atoms with Crippen LogP contribution in [0.15, 0.2) is 52.5 Å². The molecule has 0 aromatic heterocycles. The van der Waals surface area contributed by atoms with Crippen LogP contribution in [0.4, 0.5) is 0 Å². The molecule has 6 heteroatoms. The number of carboxylic acid groups (broad SMARTS) is 1. The van der Waals surface area contributed by atoms with Crippen molar-refractivity contribution in [2.75, 3.05) is 0 Å². The topological polar surface area (TPSA) is 70.3 Å². The summed E-state index contributed by atoms with van der Waals surface area (Å²) < 4.78 is 6.37. The fourth-order valence-corrected chi connectivity index (χ4v) is 2.41. The summed E-state index contributed by atoms with van der Waals surface area (Å²) in [7, 11) is 0. The number of carbonyl (C=O) groups is 1. The van der Waals surface area contributed by atoms with Crippen LogP contribution in [0.2, 0.25) is 5.02 Å². The molecule has 0 radical (unpaired) electrons. The highest BCUT2D eigenvalue weighted by molar-refractivity contribution is 9.10. The van der Waals surface area contributed by atoms with Crippen molar-refractivity contribution in [1.82, 2.24) is 0 Å². The molecule has 2 rings (SSSR count). The normalized spacial score (nSPS) is 10.9. The molecule has 1 N–H and O–H groups in total. The van der Waals surface area contributed by atoms with Crippen molar-refractivity contribution in [3.05, 3.63) is 68.7 Å². The van der Waals surface area contributed by atoms with E-state index in [4.69, 9.17) is 26.7 Å². The lowest BCUT2D eigenvalue weighted by Gasteiger charge is -2.09. The summed E-state index contributed by atoms with van der Waals surface area (Å²) in [6, 6.07) is 14.1. The third kappa shape index (κ3) is 4.85. The summed E-state index contributed by atoms with van der Waals surface area (Å²) in [5.74, 6) is -0.641. The van der Waals surface area contributed by atoms with E-state index in [0.29, 0.717) is 27.4 Å². The number of halogens is 2. The Balaban J connectivity index is 2.12. The van der Waals surface area contributed by atoms with Gasteiger partial charge in [0.15, 0.2) is 0 Å². The van der Waals surface area contributed by atoms with Crippen molar-refractivity contribution in [3.8, 4) is 11.8 Å². The molecule has 0 saturated heterocycles. The summed E-state index contributed by atoms with van der Waals surface area (Å²) in [5, 5.41) is 18.3. The minimum atomic E-state index is -1.26. The Morgan fingerprint density at radius 3 is 2.57 bits per heavy atom. The molecule has 0 heterocycles. The van der Waals surface area contributed by atoms with Crippen LogP contribution in [-0.2, 0) is 11.4 Å². The van der Waals surface area contributed by atoms with E-state index in [9.17, 15) is 4.79 Å². The Kier molecular flexibility index (Phi) is 5.80. The van der Waals surface area contributed by atoms with E-state index in [1.54, 1.807) is 36.4 Å². The van der Waals surface area contributed by atoms with E-state index in [2.05, 4.69) is 15.9 Å². The van der Waals surface area contributed by atoms with E-state index in [-0.39, 0.29) is 5.57 Å². The number of carboxylic acids is 1. The van der Waals surface area contributed by atoms with Crippen molar-refractivity contribution in [1.29, 1.82) is 5.26 Å². The maximum Gasteiger partial charge on any atom is 0.346 e. The average Bonchev–Trinajstić information content (AvgIpc) is 2.53. The number of nitrogens with zero attached hydrogens (tertiary/aromatic N) is 1. The van der Waals surface area contributed by atoms with Gasteiger partial charge in [-0.2, -0.15) is 5.26 Å². The number of aliphatic carboxylic acids is 1. The first-order valence-corrected chi connectivity index (χ1v) is 7.68. The molecule has 2 aromatic rings. The van der Waals surface area contributed by atoms with Crippen molar-refractivity contribution < 1.29 is 14.6 Å². The molecule has 0 aliphatic rings. The zero-order valence-electron chi connectivity index (χ0n) is 11.8. The molecular formula is C17H11BrClNO3. The van der Waals surface area contributed by atoms with Crippen LogP contribution in [0, 0.1) is 11.3 Å². The lowest BCUT2D eigenvalue weighted by molar-refractivity contribution is -0.132. The maximum atomic E-state index is 10.8. The van der Waals surface area contributed by atoms with E-state index in [1.807, 2.05) is 12.1 Å². The summed E-state index contributed by atoms with van der Waals surface area (Å²) >= 11 is 9.20. The van der Waals surface area contributed by atoms with Crippen molar-refractivity contribution in [2.24, 2.45) is 0 Å². The van der Waals surface area contributed by atoms with Gasteiger partial charge in [0, 0.05) is 5.02 Å². The van der Waals surface area contributed by atoms with Gasteiger partial charge < -0.3 is 9.84 Å². The molecular weight excluding hydrogens is 382 g/mol. The molecule has 0 saturated carbocycles. The molecule has 2 aromatic carbocycles. The summed E-state index contributed by atoms with van der Waals surface area (Å²) in [4.78, 5) is 10.8. The van der Waals surface area contributed by atoms with Gasteiger partial charge in [-0.3, -0.25) is 0 Å². The standard InChI is InChI=1S/C17H11BrClNO3/c18-15-8-12(7-13(9-20)17(21)22)3-6-16(15)23-10-11-1-4-14(19)5-2-11/h1-8H,10H2,(H,21,22). The maximum absolute atomic E-state index is 10.8. The van der Waals surface area contributed by atoms with Crippen LogP contribution in [0.3, 0.4) is 0 Å². The lowest BCUT2D eigenvalue weighted by Crippen LogP contribution is -1.98. The van der Waals surface area contributed by atoms with Gasteiger partial charge in [-0.25, -0.2) is 4.79 Å². The largest absolute Gasteiger partial charge is 0.488 e. The highest BCUT2D eigenvalue weighted by Gasteiger charge is 2.07. The van der Waals surface area contributed by atoms with Crippen LogP contribution in [0.25, 0.3) is 6.08 Å². The van der Waals surface area contributed by atoms with Crippen molar-refractivity contribution in [2.45, 2.75) is 6.61 Å². The number of nitriles is 1. The average molecular weight is 393 g/mol. The molecule has 0 aliphatic heterocycles. The van der Waals surface area contributed by atoms with Gasteiger partial charge in [-0.1, -0.05) is 29.8 Å². The minimum Gasteiger partial charge on any atom is -0.488 e. The molecule has 0 spiro atoms. The van der Waals surface area contributed by atoms with Crippen molar-refractivity contribution >= 4 is 39.6 Å². The molecule has 0 aliphatic carbocycles. The highest BCUT2D eigenvalue weighted by atomic mass is 79.9. The lowest BCUT2D eigenvalue weighted by atomic mass is 10.1. The zero-order chi connectivity index (χ0) is 16.8. The number of hydrogen-bond donors (Lipinski definition) is 1. The second kappa shape index (κ2) is 7.82. The fourth-order valence-electron chi connectivity index (χ4n) is 1.77. The first kappa shape index (κ1) is 17.1. The van der Waals surface area contributed by atoms with Crippen molar-refractivity contribution in [3.63, 3.8) is 0 Å². The molecule has 0 bridgehead atoms. The first-order chi connectivity index (χ1) is 11.0. The summed E-state index contributed by atoms with van der Waals surface area (Å²) in [6.45, 7) is 0.378. The summed E-state index contributed by atoms with van der Waals surface area (Å²) in [6.07, 6.45) is 1.30. The Labute approximate surface area is 146 Å². The van der Waals surface area contributed by atoms with Crippen LogP contribution in [0.5, 0.6) is 5.75 Å². The molecule has 116 valence electrons. The SMILES string of the molecule is N#CC(=Cc1ccc(OCc2ccc(Cl)cc2)c(Br)c1)C(=O)O. The second-order valence-electron chi connectivity index (χ2n) is 4.58. The third-order valence-electron chi connectivity index (χ3n) is 2.93. The zero-order valence-corrected chi connectivity index (χ0v) is 14.1. The Morgan fingerprint density at radius 1 is 1.30 bits per heavy atom. The predicted octanol–water partition coefficient (Wildman–Crippen LogP) is 4.67. The third-order valence-corrected chi connectivity index (χ3v) is 3.80. The number of rotatable bonds is 5. The fraction of sp³-hybridized carbons (Fsp3) is 0.0588. The summed E-state index contributed by atoms with van der Waals surface area (Å²) in [5.41, 5.74) is 1.24. The predicted molar refractivity (Wildman–Crippen MR) is 91.2 cm³/mol. The number of hydrogen-bond acceptors (Lipinski definition) is 3. The Morgan fingerprint density at radius 2 is 2.00 bits per heavy atom. The first-order valence-electron chi connectivity index (χ1n) is 6.51. The van der Waals surface area contributed by atoms with E-state index < -0.39 is 5.97 Å². The smallest absolute Gasteiger partial charge is 0.346 e. The van der Waals surface area contributed by atoms with Gasteiger partial charge in [0.1, 0.15) is 24.0 Å².